The fraction of sp³-hybridized carbons (Fsp3) is 0.240. The number of amides is 1. The molecule has 1 unspecified atom stereocenters. The van der Waals surface area contributed by atoms with Crippen molar-refractivity contribution in [2.24, 2.45) is 0 Å². The Kier molecular flexibility index (Phi) is 5.99. The van der Waals surface area contributed by atoms with Gasteiger partial charge in [-0.1, -0.05) is 54.9 Å². The van der Waals surface area contributed by atoms with E-state index in [1.165, 1.54) is 18.1 Å². The lowest BCUT2D eigenvalue weighted by Gasteiger charge is -2.23. The molecule has 1 N–H and O–H groups in total. The van der Waals surface area contributed by atoms with Gasteiger partial charge < -0.3 is 14.4 Å². The standard InChI is InChI=1S/C25H23ClN2O5/c1-13(2)15-5-7-16(8-6-15)22-21(23(29)17-9-10-19(32-4)18(26)12-17)24(30)25(31)28(22)20-11-14(3)33-27-20/h5-13,22,29H,1-4H3. The molecule has 1 aliphatic heterocycles. The quantitative estimate of drug-likeness (QED) is 0.307. The number of ether oxygens (including phenoxy) is 1. The van der Waals surface area contributed by atoms with Crippen LogP contribution in [0.1, 0.15) is 48.3 Å². The number of anilines is 1. The molecule has 0 saturated carbocycles. The van der Waals surface area contributed by atoms with Crippen LogP contribution in [-0.4, -0.2) is 29.1 Å². The summed E-state index contributed by atoms with van der Waals surface area (Å²) in [5, 5.41) is 15.4. The number of Topliss-reactive ketones (excluding diaryl/α,β-unsaturated/α-hetero) is 1. The van der Waals surface area contributed by atoms with Crippen molar-refractivity contribution in [2.75, 3.05) is 12.0 Å². The molecule has 7 nitrogen and oxygen atoms in total. The Morgan fingerprint density at radius 3 is 2.39 bits per heavy atom. The minimum Gasteiger partial charge on any atom is -0.507 e. The Labute approximate surface area is 196 Å². The summed E-state index contributed by atoms with van der Waals surface area (Å²) >= 11 is 6.23. The van der Waals surface area contributed by atoms with E-state index in [-0.39, 0.29) is 22.2 Å². The molecule has 1 amide bonds. The number of rotatable bonds is 5. The Morgan fingerprint density at radius 1 is 1.15 bits per heavy atom. The number of aliphatic hydroxyl groups excluding tert-OH is 1. The summed E-state index contributed by atoms with van der Waals surface area (Å²) in [6.07, 6.45) is 0. The summed E-state index contributed by atoms with van der Waals surface area (Å²) in [6.45, 7) is 5.85. The van der Waals surface area contributed by atoms with Crippen LogP contribution in [0.3, 0.4) is 0 Å². The third-order valence-electron chi connectivity index (χ3n) is 5.65. The molecule has 8 heteroatoms. The average molecular weight is 467 g/mol. The Morgan fingerprint density at radius 2 is 1.85 bits per heavy atom. The Bertz CT molecular complexity index is 1260. The van der Waals surface area contributed by atoms with E-state index >= 15 is 0 Å². The number of aliphatic hydroxyl groups is 1. The molecule has 0 spiro atoms. The maximum Gasteiger partial charge on any atom is 0.301 e. The van der Waals surface area contributed by atoms with Crippen LogP contribution in [0.2, 0.25) is 5.02 Å². The molecule has 4 rings (SSSR count). The number of ketones is 1. The zero-order valence-corrected chi connectivity index (χ0v) is 19.4. The summed E-state index contributed by atoms with van der Waals surface area (Å²) in [5.41, 5.74) is 1.99. The Hall–Kier alpha value is -3.58. The SMILES string of the molecule is COc1ccc(C(O)=C2C(=O)C(=O)N(c3cc(C)on3)C2c2ccc(C(C)C)cc2)cc1Cl. The molecule has 33 heavy (non-hydrogen) atoms. The van der Waals surface area contributed by atoms with Crippen molar-refractivity contribution < 1.29 is 24.0 Å². The lowest BCUT2D eigenvalue weighted by atomic mass is 9.93. The highest BCUT2D eigenvalue weighted by Gasteiger charge is 2.48. The van der Waals surface area contributed by atoms with E-state index in [1.54, 1.807) is 25.1 Å². The highest BCUT2D eigenvalue weighted by atomic mass is 35.5. The third-order valence-corrected chi connectivity index (χ3v) is 5.95. The molecule has 170 valence electrons. The first kappa shape index (κ1) is 22.6. The van der Waals surface area contributed by atoms with E-state index in [9.17, 15) is 14.7 Å². The van der Waals surface area contributed by atoms with Crippen molar-refractivity contribution in [2.45, 2.75) is 32.7 Å². The number of aromatic nitrogens is 1. The molecule has 2 aromatic carbocycles. The number of halogens is 1. The van der Waals surface area contributed by atoms with Crippen molar-refractivity contribution in [1.82, 2.24) is 5.16 Å². The number of methoxy groups -OCH3 is 1. The van der Waals surface area contributed by atoms with Gasteiger partial charge in [0.2, 0.25) is 0 Å². The van der Waals surface area contributed by atoms with E-state index < -0.39 is 17.7 Å². The molecular weight excluding hydrogens is 444 g/mol. The van der Waals surface area contributed by atoms with Gasteiger partial charge in [0.05, 0.1) is 23.7 Å². The zero-order chi connectivity index (χ0) is 23.9. The highest BCUT2D eigenvalue weighted by Crippen LogP contribution is 2.42. The maximum absolute atomic E-state index is 13.2. The van der Waals surface area contributed by atoms with Crippen LogP contribution in [0.25, 0.3) is 5.76 Å². The third kappa shape index (κ3) is 4.00. The van der Waals surface area contributed by atoms with Crippen LogP contribution in [-0.2, 0) is 9.59 Å². The predicted molar refractivity (Wildman–Crippen MR) is 125 cm³/mol. The van der Waals surface area contributed by atoms with Gasteiger partial charge >= 0.3 is 5.91 Å². The number of hydrogen-bond donors (Lipinski definition) is 1. The normalized spacial score (nSPS) is 17.8. The van der Waals surface area contributed by atoms with Crippen LogP contribution in [0.15, 0.2) is 58.6 Å². The lowest BCUT2D eigenvalue weighted by Crippen LogP contribution is -2.29. The zero-order valence-electron chi connectivity index (χ0n) is 18.6. The smallest absolute Gasteiger partial charge is 0.301 e. The molecule has 2 heterocycles. The van der Waals surface area contributed by atoms with Crippen LogP contribution in [0.5, 0.6) is 5.75 Å². The van der Waals surface area contributed by atoms with Crippen molar-refractivity contribution in [3.63, 3.8) is 0 Å². The van der Waals surface area contributed by atoms with Gasteiger partial charge in [0.15, 0.2) is 5.82 Å². The molecule has 1 aliphatic rings. The molecule has 1 fully saturated rings. The second kappa shape index (κ2) is 8.75. The van der Waals surface area contributed by atoms with Crippen LogP contribution in [0.4, 0.5) is 5.82 Å². The Balaban J connectivity index is 1.91. The van der Waals surface area contributed by atoms with E-state index in [1.807, 2.05) is 24.3 Å². The summed E-state index contributed by atoms with van der Waals surface area (Å²) in [6, 6.07) is 12.9. The van der Waals surface area contributed by atoms with Crippen LogP contribution < -0.4 is 9.64 Å². The van der Waals surface area contributed by atoms with Crippen molar-refractivity contribution >= 4 is 34.9 Å². The van der Waals surface area contributed by atoms with Gasteiger partial charge in [-0.05, 0) is 42.2 Å². The minimum atomic E-state index is -0.892. The van der Waals surface area contributed by atoms with E-state index in [2.05, 4.69) is 19.0 Å². The first-order valence-corrected chi connectivity index (χ1v) is 10.8. The molecule has 3 aromatic rings. The summed E-state index contributed by atoms with van der Waals surface area (Å²) in [4.78, 5) is 27.5. The minimum absolute atomic E-state index is 0.0563. The number of carbonyl (C=O) groups excluding carboxylic acids is 2. The summed E-state index contributed by atoms with van der Waals surface area (Å²) in [5.74, 6) is -0.543. The largest absolute Gasteiger partial charge is 0.507 e. The van der Waals surface area contributed by atoms with Gasteiger partial charge in [-0.15, -0.1) is 0 Å². The van der Waals surface area contributed by atoms with E-state index in [4.69, 9.17) is 20.9 Å². The van der Waals surface area contributed by atoms with Gasteiger partial charge in [-0.25, -0.2) is 0 Å². The van der Waals surface area contributed by atoms with Crippen LogP contribution in [0, 0.1) is 6.92 Å². The number of nitrogens with zero attached hydrogens (tertiary/aromatic N) is 2. The first-order valence-electron chi connectivity index (χ1n) is 10.4. The van der Waals surface area contributed by atoms with Crippen molar-refractivity contribution in [3.8, 4) is 5.75 Å². The second-order valence-corrected chi connectivity index (χ2v) is 8.54. The first-order chi connectivity index (χ1) is 15.7. The van der Waals surface area contributed by atoms with Gasteiger partial charge in [0.1, 0.15) is 17.3 Å². The predicted octanol–water partition coefficient (Wildman–Crippen LogP) is 5.39. The van der Waals surface area contributed by atoms with Gasteiger partial charge in [-0.2, -0.15) is 0 Å². The van der Waals surface area contributed by atoms with Gasteiger partial charge in [-0.3, -0.25) is 14.5 Å². The van der Waals surface area contributed by atoms with Crippen molar-refractivity contribution in [1.29, 1.82) is 0 Å². The monoisotopic (exact) mass is 466 g/mol. The molecule has 0 radical (unpaired) electrons. The fourth-order valence-corrected chi connectivity index (χ4v) is 4.14. The summed E-state index contributed by atoms with van der Waals surface area (Å²) < 4.78 is 10.3. The second-order valence-electron chi connectivity index (χ2n) is 8.14. The molecular formula is C25H23ClN2O5. The van der Waals surface area contributed by atoms with Gasteiger partial charge in [0, 0.05) is 11.6 Å². The number of hydrogen-bond acceptors (Lipinski definition) is 6. The number of aryl methyl sites for hydroxylation is 1. The van der Waals surface area contributed by atoms with E-state index in [0.717, 1.165) is 5.56 Å². The molecule has 1 saturated heterocycles. The fourth-order valence-electron chi connectivity index (χ4n) is 3.88. The van der Waals surface area contributed by atoms with E-state index in [0.29, 0.717) is 28.6 Å². The van der Waals surface area contributed by atoms with Crippen molar-refractivity contribution in [3.05, 3.63) is 81.6 Å². The van der Waals surface area contributed by atoms with Gasteiger partial charge in [0.25, 0.3) is 5.78 Å². The molecule has 1 atom stereocenters. The average Bonchev–Trinajstić information content (AvgIpc) is 3.34. The topological polar surface area (TPSA) is 92.9 Å². The highest BCUT2D eigenvalue weighted by molar-refractivity contribution is 6.51. The molecule has 0 bridgehead atoms. The molecule has 1 aromatic heterocycles. The number of carbonyl (C=O) groups is 2. The maximum atomic E-state index is 13.2. The molecule has 0 aliphatic carbocycles. The number of benzene rings is 2. The lowest BCUT2D eigenvalue weighted by molar-refractivity contribution is -0.132. The van der Waals surface area contributed by atoms with Crippen LogP contribution >= 0.6 is 11.6 Å². The summed E-state index contributed by atoms with van der Waals surface area (Å²) in [7, 11) is 1.48.